The van der Waals surface area contributed by atoms with Crippen LogP contribution in [0, 0.1) is 0 Å². The lowest BCUT2D eigenvalue weighted by Gasteiger charge is -2.02. The third-order valence-electron chi connectivity index (χ3n) is 3.98. The van der Waals surface area contributed by atoms with E-state index in [-0.39, 0.29) is 5.69 Å². The molecule has 0 fully saturated rings. The van der Waals surface area contributed by atoms with Crippen molar-refractivity contribution in [3.8, 4) is 11.3 Å². The molecule has 0 aliphatic rings. The summed E-state index contributed by atoms with van der Waals surface area (Å²) >= 11 is 1.26. The number of nitrogens with zero attached hydrogens (tertiary/aromatic N) is 2. The average molecular weight is 367 g/mol. The highest BCUT2D eigenvalue weighted by Crippen LogP contribution is 2.30. The predicted molar refractivity (Wildman–Crippen MR) is 99.7 cm³/mol. The average Bonchev–Trinajstić information content (AvgIpc) is 3.25. The number of rotatable bonds is 3. The predicted octanol–water partition coefficient (Wildman–Crippen LogP) is 1.93. The van der Waals surface area contributed by atoms with Crippen LogP contribution in [-0.2, 0) is 7.05 Å². The SMILES string of the molecule is Cn1c(=O)cc(C(=O)Nc2nc(-c3c[nH]c4ccccc34)cs2)[nH]c1=O. The molecule has 0 unspecified atom stereocenters. The second-order valence-corrected chi connectivity index (χ2v) is 6.48. The van der Waals surface area contributed by atoms with E-state index in [4.69, 9.17) is 0 Å². The first kappa shape index (κ1) is 16.0. The Morgan fingerprint density at radius 2 is 2.08 bits per heavy atom. The van der Waals surface area contributed by atoms with E-state index in [1.165, 1.54) is 18.4 Å². The summed E-state index contributed by atoms with van der Waals surface area (Å²) in [6, 6.07) is 8.93. The van der Waals surface area contributed by atoms with Crippen LogP contribution in [0.5, 0.6) is 0 Å². The number of para-hydroxylation sites is 1. The van der Waals surface area contributed by atoms with Crippen molar-refractivity contribution in [2.45, 2.75) is 0 Å². The molecular formula is C17H13N5O3S. The van der Waals surface area contributed by atoms with E-state index in [0.717, 1.165) is 32.8 Å². The summed E-state index contributed by atoms with van der Waals surface area (Å²) in [5.74, 6) is -0.598. The molecule has 0 aliphatic carbocycles. The zero-order chi connectivity index (χ0) is 18.3. The summed E-state index contributed by atoms with van der Waals surface area (Å²) in [7, 11) is 1.33. The van der Waals surface area contributed by atoms with E-state index in [1.54, 1.807) is 0 Å². The Hall–Kier alpha value is -3.46. The maximum absolute atomic E-state index is 12.3. The molecule has 0 atom stereocenters. The Morgan fingerprint density at radius 3 is 2.88 bits per heavy atom. The lowest BCUT2D eigenvalue weighted by atomic mass is 10.1. The van der Waals surface area contributed by atoms with Crippen LogP contribution in [-0.4, -0.2) is 25.4 Å². The van der Waals surface area contributed by atoms with Gasteiger partial charge in [0.25, 0.3) is 11.5 Å². The number of H-pyrrole nitrogens is 2. The van der Waals surface area contributed by atoms with Crippen molar-refractivity contribution in [1.82, 2.24) is 19.5 Å². The molecule has 3 N–H and O–H groups in total. The van der Waals surface area contributed by atoms with Gasteiger partial charge in [-0.25, -0.2) is 9.78 Å². The quantitative estimate of drug-likeness (QED) is 0.513. The Bertz CT molecular complexity index is 1220. The van der Waals surface area contributed by atoms with Gasteiger partial charge in [0, 0.05) is 41.2 Å². The van der Waals surface area contributed by atoms with Crippen LogP contribution in [0.25, 0.3) is 22.2 Å². The lowest BCUT2D eigenvalue weighted by molar-refractivity contribution is 0.102. The van der Waals surface area contributed by atoms with Crippen molar-refractivity contribution < 1.29 is 4.79 Å². The smallest absolute Gasteiger partial charge is 0.328 e. The minimum absolute atomic E-state index is 0.109. The van der Waals surface area contributed by atoms with Gasteiger partial charge in [0.2, 0.25) is 0 Å². The van der Waals surface area contributed by atoms with E-state index in [1.807, 2.05) is 35.8 Å². The topological polar surface area (TPSA) is 113 Å². The number of hydrogen-bond acceptors (Lipinski definition) is 5. The van der Waals surface area contributed by atoms with Gasteiger partial charge in [0.15, 0.2) is 5.13 Å². The molecule has 0 saturated heterocycles. The Morgan fingerprint density at radius 1 is 1.27 bits per heavy atom. The summed E-state index contributed by atoms with van der Waals surface area (Å²) in [6.07, 6.45) is 1.86. The monoisotopic (exact) mass is 367 g/mol. The highest BCUT2D eigenvalue weighted by atomic mass is 32.1. The Kier molecular flexibility index (Phi) is 3.77. The van der Waals surface area contributed by atoms with Gasteiger partial charge in [-0.1, -0.05) is 18.2 Å². The van der Waals surface area contributed by atoms with E-state index < -0.39 is 17.2 Å². The van der Waals surface area contributed by atoms with E-state index in [2.05, 4.69) is 20.3 Å². The van der Waals surface area contributed by atoms with Gasteiger partial charge >= 0.3 is 5.69 Å². The van der Waals surface area contributed by atoms with Crippen molar-refractivity contribution in [1.29, 1.82) is 0 Å². The van der Waals surface area contributed by atoms with Crippen molar-refractivity contribution in [2.75, 3.05) is 5.32 Å². The molecule has 4 rings (SSSR count). The van der Waals surface area contributed by atoms with E-state index in [9.17, 15) is 14.4 Å². The molecular weight excluding hydrogens is 354 g/mol. The van der Waals surface area contributed by atoms with Crippen molar-refractivity contribution in [3.05, 3.63) is 68.4 Å². The number of thiazole rings is 1. The van der Waals surface area contributed by atoms with Gasteiger partial charge in [-0.15, -0.1) is 11.3 Å². The summed E-state index contributed by atoms with van der Waals surface area (Å²) in [5.41, 5.74) is 1.33. The Labute approximate surface area is 150 Å². The van der Waals surface area contributed by atoms with Crippen LogP contribution in [0.3, 0.4) is 0 Å². The number of nitrogens with one attached hydrogen (secondary N) is 3. The molecule has 130 valence electrons. The molecule has 1 amide bonds. The molecule has 26 heavy (non-hydrogen) atoms. The minimum Gasteiger partial charge on any atom is -0.360 e. The number of aromatic nitrogens is 4. The fourth-order valence-electron chi connectivity index (χ4n) is 2.58. The molecule has 4 aromatic rings. The number of amides is 1. The normalized spacial score (nSPS) is 11.0. The first-order chi connectivity index (χ1) is 12.5. The van der Waals surface area contributed by atoms with Crippen LogP contribution in [0.4, 0.5) is 5.13 Å². The largest absolute Gasteiger partial charge is 0.360 e. The number of aromatic amines is 2. The number of carbonyl (C=O) groups excluding carboxylic acids is 1. The lowest BCUT2D eigenvalue weighted by Crippen LogP contribution is -2.34. The highest BCUT2D eigenvalue weighted by Gasteiger charge is 2.14. The van der Waals surface area contributed by atoms with Crippen LogP contribution < -0.4 is 16.6 Å². The van der Waals surface area contributed by atoms with Gasteiger partial charge in [-0.3, -0.25) is 19.5 Å². The summed E-state index contributed by atoms with van der Waals surface area (Å²) in [5, 5.41) is 5.84. The van der Waals surface area contributed by atoms with Gasteiger partial charge in [-0.2, -0.15) is 0 Å². The maximum atomic E-state index is 12.3. The number of benzene rings is 1. The molecule has 0 bridgehead atoms. The number of hydrogen-bond donors (Lipinski definition) is 3. The van der Waals surface area contributed by atoms with E-state index >= 15 is 0 Å². The van der Waals surface area contributed by atoms with Gasteiger partial charge < -0.3 is 9.97 Å². The van der Waals surface area contributed by atoms with Crippen molar-refractivity contribution in [3.63, 3.8) is 0 Å². The van der Waals surface area contributed by atoms with E-state index in [0.29, 0.717) is 5.13 Å². The minimum atomic E-state index is -0.652. The highest BCUT2D eigenvalue weighted by molar-refractivity contribution is 7.14. The molecule has 0 aliphatic heterocycles. The summed E-state index contributed by atoms with van der Waals surface area (Å²) in [4.78, 5) is 45.5. The maximum Gasteiger partial charge on any atom is 0.328 e. The van der Waals surface area contributed by atoms with Gasteiger partial charge in [0.05, 0.1) is 5.69 Å². The van der Waals surface area contributed by atoms with Crippen LogP contribution in [0.2, 0.25) is 0 Å². The van der Waals surface area contributed by atoms with Crippen LogP contribution in [0.1, 0.15) is 10.5 Å². The summed E-state index contributed by atoms with van der Waals surface area (Å²) < 4.78 is 0.884. The molecule has 1 aromatic carbocycles. The fraction of sp³-hybridized carbons (Fsp3) is 0.0588. The number of carbonyl (C=O) groups is 1. The first-order valence-electron chi connectivity index (χ1n) is 7.66. The number of fused-ring (bicyclic) bond motifs is 1. The second-order valence-electron chi connectivity index (χ2n) is 5.63. The molecule has 3 heterocycles. The first-order valence-corrected chi connectivity index (χ1v) is 8.54. The third kappa shape index (κ3) is 2.74. The molecule has 9 heteroatoms. The van der Waals surface area contributed by atoms with Crippen molar-refractivity contribution >= 4 is 33.3 Å². The fourth-order valence-corrected chi connectivity index (χ4v) is 3.29. The number of anilines is 1. The molecule has 0 radical (unpaired) electrons. The zero-order valence-corrected chi connectivity index (χ0v) is 14.4. The molecule has 0 spiro atoms. The molecule has 8 nitrogen and oxygen atoms in total. The standard InChI is InChI=1S/C17H13N5O3S/c1-22-14(23)6-12(20-17(22)25)15(24)21-16-19-13(8-26-16)10-7-18-11-5-3-2-4-9(10)11/h2-8,18H,1H3,(H,20,25)(H,19,21,24). The van der Waals surface area contributed by atoms with Gasteiger partial charge in [-0.05, 0) is 6.07 Å². The van der Waals surface area contributed by atoms with Crippen LogP contribution >= 0.6 is 11.3 Å². The molecule has 3 aromatic heterocycles. The zero-order valence-electron chi connectivity index (χ0n) is 13.6. The van der Waals surface area contributed by atoms with Gasteiger partial charge in [0.1, 0.15) is 5.69 Å². The second kappa shape index (κ2) is 6.12. The Balaban J connectivity index is 1.62. The summed E-state index contributed by atoms with van der Waals surface area (Å²) in [6.45, 7) is 0. The molecule has 0 saturated carbocycles. The van der Waals surface area contributed by atoms with Crippen LogP contribution in [0.15, 0.2) is 51.5 Å². The third-order valence-corrected chi connectivity index (χ3v) is 4.74. The van der Waals surface area contributed by atoms with Crippen molar-refractivity contribution in [2.24, 2.45) is 7.05 Å².